The average molecular weight is 423 g/mol. The molecule has 1 saturated heterocycles. The van der Waals surface area contributed by atoms with Crippen molar-refractivity contribution in [3.8, 4) is 17.0 Å². The number of hydrogen-bond acceptors (Lipinski definition) is 3. The molecule has 1 atom stereocenters. The molecule has 1 aliphatic heterocycles. The Morgan fingerprint density at radius 1 is 1.13 bits per heavy atom. The summed E-state index contributed by atoms with van der Waals surface area (Å²) in [7, 11) is 1.82. The molecule has 2 aromatic rings. The smallest absolute Gasteiger partial charge is 0.130 e. The minimum absolute atomic E-state index is 0.343. The molecule has 2 heterocycles. The normalized spacial score (nSPS) is 19.3. The number of hydrogen-bond donors (Lipinski definition) is 0. The Morgan fingerprint density at radius 2 is 1.77 bits per heavy atom. The van der Waals surface area contributed by atoms with Crippen LogP contribution in [0.1, 0.15) is 75.4 Å². The Morgan fingerprint density at radius 3 is 2.35 bits per heavy atom. The van der Waals surface area contributed by atoms with Gasteiger partial charge in [-0.1, -0.05) is 52.8 Å². The van der Waals surface area contributed by atoms with E-state index in [-0.39, 0.29) is 0 Å². The van der Waals surface area contributed by atoms with Crippen LogP contribution in [0.25, 0.3) is 11.3 Å². The standard InChI is InChI=1S/C28H42N2O/c1-9-22-12-11-13-23(10-2)25(22)26-20(4)27(31-8)24(21(5)29-26)17-30-15-14-19(3)16-28(6,7)18-30/h11-13,19H,9-10,14-18H2,1-8H3. The zero-order valence-corrected chi connectivity index (χ0v) is 21.1. The van der Waals surface area contributed by atoms with E-state index in [1.807, 2.05) is 7.11 Å². The van der Waals surface area contributed by atoms with Gasteiger partial charge in [0.25, 0.3) is 0 Å². The summed E-state index contributed by atoms with van der Waals surface area (Å²) < 4.78 is 6.05. The third kappa shape index (κ3) is 5.14. The molecule has 0 N–H and O–H groups in total. The molecule has 0 amide bonds. The Balaban J connectivity index is 2.06. The first-order valence-corrected chi connectivity index (χ1v) is 12.1. The van der Waals surface area contributed by atoms with Crippen LogP contribution in [0.15, 0.2) is 18.2 Å². The van der Waals surface area contributed by atoms with E-state index < -0.39 is 0 Å². The highest BCUT2D eigenvalue weighted by Gasteiger charge is 2.29. The van der Waals surface area contributed by atoms with Crippen LogP contribution >= 0.6 is 0 Å². The van der Waals surface area contributed by atoms with E-state index in [0.717, 1.165) is 55.5 Å². The minimum Gasteiger partial charge on any atom is -0.496 e. The lowest BCUT2D eigenvalue weighted by Crippen LogP contribution is -2.32. The fraction of sp³-hybridized carbons (Fsp3) is 0.607. The molecule has 3 heteroatoms. The highest BCUT2D eigenvalue weighted by Crippen LogP contribution is 2.38. The molecule has 0 bridgehead atoms. The van der Waals surface area contributed by atoms with Gasteiger partial charge in [-0.25, -0.2) is 0 Å². The summed E-state index contributed by atoms with van der Waals surface area (Å²) in [5.41, 5.74) is 9.00. The fourth-order valence-corrected chi connectivity index (χ4v) is 5.63. The first kappa shape index (κ1) is 23.8. The van der Waals surface area contributed by atoms with Crippen LogP contribution in [0, 0.1) is 25.2 Å². The number of rotatable bonds is 6. The number of benzene rings is 1. The van der Waals surface area contributed by atoms with Crippen molar-refractivity contribution < 1.29 is 4.74 Å². The maximum atomic E-state index is 6.05. The van der Waals surface area contributed by atoms with Crippen molar-refractivity contribution in [2.24, 2.45) is 11.3 Å². The van der Waals surface area contributed by atoms with Crippen molar-refractivity contribution in [1.29, 1.82) is 0 Å². The number of pyridine rings is 1. The lowest BCUT2D eigenvalue weighted by Gasteiger charge is -2.31. The summed E-state index contributed by atoms with van der Waals surface area (Å²) in [6, 6.07) is 6.66. The molecule has 1 aliphatic rings. The fourth-order valence-electron chi connectivity index (χ4n) is 5.63. The highest BCUT2D eigenvalue weighted by atomic mass is 16.5. The van der Waals surface area contributed by atoms with Crippen LogP contribution in [0.4, 0.5) is 0 Å². The van der Waals surface area contributed by atoms with Crippen molar-refractivity contribution in [3.63, 3.8) is 0 Å². The summed E-state index contributed by atoms with van der Waals surface area (Å²) in [5, 5.41) is 0. The molecule has 1 unspecified atom stereocenters. The van der Waals surface area contributed by atoms with E-state index in [2.05, 4.69) is 71.6 Å². The van der Waals surface area contributed by atoms with Crippen molar-refractivity contribution in [3.05, 3.63) is 46.1 Å². The predicted octanol–water partition coefficient (Wildman–Crippen LogP) is 6.76. The van der Waals surface area contributed by atoms with Gasteiger partial charge in [0.15, 0.2) is 0 Å². The van der Waals surface area contributed by atoms with Gasteiger partial charge in [-0.05, 0) is 68.5 Å². The third-order valence-electron chi connectivity index (χ3n) is 7.00. The summed E-state index contributed by atoms with van der Waals surface area (Å²) in [5.74, 6) is 1.80. The monoisotopic (exact) mass is 422 g/mol. The molecule has 1 aromatic heterocycles. The molecule has 0 saturated carbocycles. The molecule has 1 fully saturated rings. The average Bonchev–Trinajstić information content (AvgIpc) is 2.86. The molecule has 170 valence electrons. The molecular formula is C28H42N2O. The van der Waals surface area contributed by atoms with Crippen LogP contribution in [-0.2, 0) is 19.4 Å². The van der Waals surface area contributed by atoms with E-state index in [9.17, 15) is 0 Å². The van der Waals surface area contributed by atoms with E-state index in [0.29, 0.717) is 5.41 Å². The SMILES string of the molecule is CCc1cccc(CC)c1-c1nc(C)c(CN2CCC(C)CC(C)(C)C2)c(OC)c1C. The molecular weight excluding hydrogens is 380 g/mol. The molecule has 3 rings (SSSR count). The number of likely N-dealkylation sites (tertiary alicyclic amines) is 1. The molecule has 1 aromatic carbocycles. The van der Waals surface area contributed by atoms with E-state index in [1.165, 1.54) is 40.7 Å². The van der Waals surface area contributed by atoms with Crippen LogP contribution in [0.5, 0.6) is 5.75 Å². The summed E-state index contributed by atoms with van der Waals surface area (Å²) in [6.07, 6.45) is 4.57. The highest BCUT2D eigenvalue weighted by molar-refractivity contribution is 5.73. The molecule has 31 heavy (non-hydrogen) atoms. The van der Waals surface area contributed by atoms with Crippen LogP contribution in [0.3, 0.4) is 0 Å². The van der Waals surface area contributed by atoms with Gasteiger partial charge in [-0.2, -0.15) is 0 Å². The first-order valence-electron chi connectivity index (χ1n) is 12.1. The van der Waals surface area contributed by atoms with Crippen molar-refractivity contribution in [2.45, 2.75) is 80.7 Å². The van der Waals surface area contributed by atoms with Crippen LogP contribution in [-0.4, -0.2) is 30.1 Å². The second-order valence-corrected chi connectivity index (χ2v) is 10.3. The van der Waals surface area contributed by atoms with Gasteiger partial charge >= 0.3 is 0 Å². The van der Waals surface area contributed by atoms with Gasteiger partial charge in [0, 0.05) is 35.5 Å². The number of methoxy groups -OCH3 is 1. The summed E-state index contributed by atoms with van der Waals surface area (Å²) in [4.78, 5) is 7.82. The lowest BCUT2D eigenvalue weighted by atomic mass is 9.83. The topological polar surface area (TPSA) is 25.4 Å². The quantitative estimate of drug-likeness (QED) is 0.514. The van der Waals surface area contributed by atoms with Crippen molar-refractivity contribution >= 4 is 0 Å². The molecule has 3 nitrogen and oxygen atoms in total. The predicted molar refractivity (Wildman–Crippen MR) is 132 cm³/mol. The number of ether oxygens (including phenoxy) is 1. The minimum atomic E-state index is 0.343. The van der Waals surface area contributed by atoms with E-state index in [1.54, 1.807) is 0 Å². The first-order chi connectivity index (χ1) is 14.7. The maximum absolute atomic E-state index is 6.05. The number of aromatic nitrogens is 1. The van der Waals surface area contributed by atoms with Crippen molar-refractivity contribution in [1.82, 2.24) is 9.88 Å². The van der Waals surface area contributed by atoms with Crippen molar-refractivity contribution in [2.75, 3.05) is 20.2 Å². The summed E-state index contributed by atoms with van der Waals surface area (Å²) in [6.45, 7) is 19.2. The van der Waals surface area contributed by atoms with Gasteiger partial charge in [0.2, 0.25) is 0 Å². The Hall–Kier alpha value is -1.87. The Labute approximate surface area is 190 Å². The van der Waals surface area contributed by atoms with Gasteiger partial charge in [0.05, 0.1) is 12.8 Å². The Bertz CT molecular complexity index is 893. The zero-order valence-electron chi connectivity index (χ0n) is 21.1. The van der Waals surface area contributed by atoms with Gasteiger partial charge in [-0.15, -0.1) is 0 Å². The second-order valence-electron chi connectivity index (χ2n) is 10.3. The number of aryl methyl sites for hydroxylation is 3. The number of nitrogens with zero attached hydrogens (tertiary/aromatic N) is 2. The molecule has 0 radical (unpaired) electrons. The Kier molecular flexibility index (Phi) is 7.47. The van der Waals surface area contributed by atoms with Crippen LogP contribution < -0.4 is 4.74 Å². The third-order valence-corrected chi connectivity index (χ3v) is 7.00. The maximum Gasteiger partial charge on any atom is 0.130 e. The lowest BCUT2D eigenvalue weighted by molar-refractivity contribution is 0.184. The van der Waals surface area contributed by atoms with Gasteiger partial charge in [0.1, 0.15) is 5.75 Å². The van der Waals surface area contributed by atoms with Crippen LogP contribution in [0.2, 0.25) is 0 Å². The van der Waals surface area contributed by atoms with E-state index in [4.69, 9.17) is 9.72 Å². The molecule has 0 aliphatic carbocycles. The summed E-state index contributed by atoms with van der Waals surface area (Å²) >= 11 is 0. The zero-order chi connectivity index (χ0) is 22.8. The largest absolute Gasteiger partial charge is 0.496 e. The van der Waals surface area contributed by atoms with Gasteiger partial charge < -0.3 is 4.74 Å². The van der Waals surface area contributed by atoms with Gasteiger partial charge in [-0.3, -0.25) is 9.88 Å². The second kappa shape index (κ2) is 9.73. The molecule has 0 spiro atoms. The van der Waals surface area contributed by atoms with E-state index >= 15 is 0 Å².